The summed E-state index contributed by atoms with van der Waals surface area (Å²) in [6.45, 7) is 1.47. The fraction of sp³-hybridized carbons (Fsp3) is 0.316. The summed E-state index contributed by atoms with van der Waals surface area (Å²) in [5, 5.41) is 12.5. The molecule has 0 atom stereocenters. The highest BCUT2D eigenvalue weighted by Gasteiger charge is 2.28. The molecule has 0 saturated heterocycles. The summed E-state index contributed by atoms with van der Waals surface area (Å²) in [6, 6.07) is 5.66. The standard InChI is InChI=1S/C19H19NO6S/c1-2-25-19(24)16-13-7-4-8-14(13)27-17(16)20-15(22)10-26-18(23)11-5-3-6-12(21)9-11/h3,5-6,9,21H,2,4,7-8,10H2,1H3,(H,20,22). The van der Waals surface area contributed by atoms with E-state index in [1.165, 1.54) is 35.6 Å². The van der Waals surface area contributed by atoms with Crippen LogP contribution in [0, 0.1) is 0 Å². The molecule has 7 nitrogen and oxygen atoms in total. The number of hydrogen-bond acceptors (Lipinski definition) is 7. The molecule has 2 aromatic rings. The Morgan fingerprint density at radius 3 is 2.74 bits per heavy atom. The van der Waals surface area contributed by atoms with Crippen LogP contribution in [0.5, 0.6) is 5.75 Å². The van der Waals surface area contributed by atoms with Gasteiger partial charge in [0.25, 0.3) is 5.91 Å². The van der Waals surface area contributed by atoms with E-state index in [1.807, 2.05) is 0 Å². The second-order valence-corrected chi connectivity index (χ2v) is 7.06. The van der Waals surface area contributed by atoms with Gasteiger partial charge in [-0.15, -0.1) is 11.3 Å². The largest absolute Gasteiger partial charge is 0.508 e. The number of benzene rings is 1. The quantitative estimate of drug-likeness (QED) is 0.737. The van der Waals surface area contributed by atoms with Crippen molar-refractivity contribution < 1.29 is 29.0 Å². The monoisotopic (exact) mass is 389 g/mol. The minimum atomic E-state index is -0.722. The van der Waals surface area contributed by atoms with Gasteiger partial charge in [-0.3, -0.25) is 4.79 Å². The number of carbonyl (C=O) groups is 3. The molecule has 0 unspecified atom stereocenters. The maximum absolute atomic E-state index is 12.3. The number of ether oxygens (including phenoxy) is 2. The molecule has 1 amide bonds. The van der Waals surface area contributed by atoms with Gasteiger partial charge in [0.1, 0.15) is 10.8 Å². The third-order valence-corrected chi connectivity index (χ3v) is 5.28. The maximum Gasteiger partial charge on any atom is 0.341 e. The first-order chi connectivity index (χ1) is 13.0. The number of fused-ring (bicyclic) bond motifs is 1. The lowest BCUT2D eigenvalue weighted by atomic mass is 10.1. The van der Waals surface area contributed by atoms with Gasteiger partial charge in [-0.1, -0.05) is 6.07 Å². The van der Waals surface area contributed by atoms with E-state index < -0.39 is 24.5 Å². The second-order valence-electron chi connectivity index (χ2n) is 5.96. The third-order valence-electron chi connectivity index (χ3n) is 4.07. The molecule has 27 heavy (non-hydrogen) atoms. The van der Waals surface area contributed by atoms with E-state index in [9.17, 15) is 19.5 Å². The third kappa shape index (κ3) is 4.28. The number of esters is 2. The summed E-state index contributed by atoms with van der Waals surface area (Å²) < 4.78 is 10.1. The summed E-state index contributed by atoms with van der Waals surface area (Å²) in [5.41, 5.74) is 1.48. The highest BCUT2D eigenvalue weighted by atomic mass is 32.1. The van der Waals surface area contributed by atoms with Crippen LogP contribution in [0.2, 0.25) is 0 Å². The van der Waals surface area contributed by atoms with Gasteiger partial charge in [-0.2, -0.15) is 0 Å². The maximum atomic E-state index is 12.3. The minimum absolute atomic E-state index is 0.0684. The number of nitrogens with one attached hydrogen (secondary N) is 1. The van der Waals surface area contributed by atoms with Gasteiger partial charge in [0.2, 0.25) is 0 Å². The fourth-order valence-electron chi connectivity index (χ4n) is 2.92. The van der Waals surface area contributed by atoms with E-state index in [4.69, 9.17) is 9.47 Å². The van der Waals surface area contributed by atoms with Crippen molar-refractivity contribution in [2.45, 2.75) is 26.2 Å². The van der Waals surface area contributed by atoms with Gasteiger partial charge in [0.15, 0.2) is 6.61 Å². The molecule has 0 spiro atoms. The molecule has 1 aromatic carbocycles. The molecule has 2 N–H and O–H groups in total. The number of hydrogen-bond donors (Lipinski definition) is 2. The van der Waals surface area contributed by atoms with Gasteiger partial charge < -0.3 is 19.9 Å². The smallest absolute Gasteiger partial charge is 0.341 e. The number of amides is 1. The normalized spacial score (nSPS) is 12.3. The number of anilines is 1. The van der Waals surface area contributed by atoms with Crippen LogP contribution in [0.25, 0.3) is 0 Å². The Hall–Kier alpha value is -2.87. The number of phenols is 1. The molecule has 1 aliphatic rings. The van der Waals surface area contributed by atoms with Crippen LogP contribution in [0.1, 0.15) is 44.5 Å². The van der Waals surface area contributed by atoms with E-state index in [1.54, 1.807) is 6.92 Å². The summed E-state index contributed by atoms with van der Waals surface area (Å²) in [6.07, 6.45) is 2.63. The molecule has 0 bridgehead atoms. The minimum Gasteiger partial charge on any atom is -0.508 e. The first-order valence-electron chi connectivity index (χ1n) is 8.57. The van der Waals surface area contributed by atoms with Crippen molar-refractivity contribution in [3.8, 4) is 5.75 Å². The average Bonchev–Trinajstić information content (AvgIpc) is 3.20. The van der Waals surface area contributed by atoms with Crippen molar-refractivity contribution in [3.05, 3.63) is 45.8 Å². The highest BCUT2D eigenvalue weighted by molar-refractivity contribution is 7.17. The Morgan fingerprint density at radius 1 is 1.19 bits per heavy atom. The Labute approximate surface area is 159 Å². The Bertz CT molecular complexity index is 888. The van der Waals surface area contributed by atoms with Gasteiger partial charge in [-0.05, 0) is 49.9 Å². The van der Waals surface area contributed by atoms with Gasteiger partial charge in [0.05, 0.1) is 17.7 Å². The van der Waals surface area contributed by atoms with E-state index in [0.29, 0.717) is 10.6 Å². The molecule has 142 valence electrons. The number of aryl methyl sites for hydroxylation is 1. The van der Waals surface area contributed by atoms with Crippen molar-refractivity contribution in [1.29, 1.82) is 0 Å². The van der Waals surface area contributed by atoms with E-state index in [0.717, 1.165) is 29.7 Å². The second kappa shape index (κ2) is 8.22. The predicted octanol–water partition coefficient (Wildman–Crippen LogP) is 2.91. The number of thiophene rings is 1. The Morgan fingerprint density at radius 2 is 2.00 bits per heavy atom. The van der Waals surface area contributed by atoms with Crippen LogP contribution in [0.15, 0.2) is 24.3 Å². The molecular weight excluding hydrogens is 370 g/mol. The lowest BCUT2D eigenvalue weighted by Gasteiger charge is -2.08. The van der Waals surface area contributed by atoms with Crippen molar-refractivity contribution in [2.24, 2.45) is 0 Å². The van der Waals surface area contributed by atoms with Gasteiger partial charge >= 0.3 is 11.9 Å². The topological polar surface area (TPSA) is 102 Å². The van der Waals surface area contributed by atoms with Crippen molar-refractivity contribution >= 4 is 34.2 Å². The van der Waals surface area contributed by atoms with Crippen LogP contribution >= 0.6 is 11.3 Å². The molecule has 0 saturated carbocycles. The zero-order chi connectivity index (χ0) is 19.4. The Balaban J connectivity index is 1.66. The summed E-state index contributed by atoms with van der Waals surface area (Å²) in [7, 11) is 0. The van der Waals surface area contributed by atoms with Gasteiger partial charge in [0, 0.05) is 4.88 Å². The first-order valence-corrected chi connectivity index (χ1v) is 9.39. The molecule has 8 heteroatoms. The van der Waals surface area contributed by atoms with Crippen molar-refractivity contribution in [3.63, 3.8) is 0 Å². The van der Waals surface area contributed by atoms with Crippen LogP contribution in [-0.2, 0) is 27.1 Å². The number of rotatable bonds is 6. The number of carbonyl (C=O) groups excluding carboxylic acids is 3. The number of aromatic hydroxyl groups is 1. The average molecular weight is 389 g/mol. The molecule has 1 heterocycles. The first kappa shape index (κ1) is 18.9. The van der Waals surface area contributed by atoms with Crippen LogP contribution in [-0.4, -0.2) is 36.2 Å². The molecule has 0 fully saturated rings. The summed E-state index contributed by atoms with van der Waals surface area (Å²) in [5.74, 6) is -1.79. The lowest BCUT2D eigenvalue weighted by molar-refractivity contribution is -0.119. The molecule has 1 aromatic heterocycles. The van der Waals surface area contributed by atoms with Crippen molar-refractivity contribution in [1.82, 2.24) is 0 Å². The van der Waals surface area contributed by atoms with Crippen LogP contribution < -0.4 is 5.32 Å². The highest BCUT2D eigenvalue weighted by Crippen LogP contribution is 2.39. The zero-order valence-corrected chi connectivity index (χ0v) is 15.6. The van der Waals surface area contributed by atoms with Crippen molar-refractivity contribution in [2.75, 3.05) is 18.5 Å². The Kier molecular flexibility index (Phi) is 5.75. The predicted molar refractivity (Wildman–Crippen MR) is 99.3 cm³/mol. The molecule has 0 aliphatic heterocycles. The lowest BCUT2D eigenvalue weighted by Crippen LogP contribution is -2.22. The van der Waals surface area contributed by atoms with E-state index >= 15 is 0 Å². The molecule has 0 radical (unpaired) electrons. The molecular formula is C19H19NO6S. The fourth-order valence-corrected chi connectivity index (χ4v) is 4.22. The zero-order valence-electron chi connectivity index (χ0n) is 14.7. The SMILES string of the molecule is CCOC(=O)c1c(NC(=O)COC(=O)c2cccc(O)c2)sc2c1CCC2. The summed E-state index contributed by atoms with van der Waals surface area (Å²) in [4.78, 5) is 37.5. The van der Waals surface area contributed by atoms with Crippen LogP contribution in [0.4, 0.5) is 5.00 Å². The molecule has 1 aliphatic carbocycles. The molecule has 3 rings (SSSR count). The van der Waals surface area contributed by atoms with Crippen LogP contribution in [0.3, 0.4) is 0 Å². The van der Waals surface area contributed by atoms with E-state index in [2.05, 4.69) is 5.32 Å². The summed E-state index contributed by atoms with van der Waals surface area (Å²) >= 11 is 1.36. The van der Waals surface area contributed by atoms with Gasteiger partial charge in [-0.25, -0.2) is 9.59 Å². The van der Waals surface area contributed by atoms with E-state index in [-0.39, 0.29) is 17.9 Å². The number of phenolic OH excluding ortho intramolecular Hbond substituents is 1.